The largest absolute Gasteiger partial charge is 0.513 e. The average Bonchev–Trinajstić information content (AvgIpc) is 2.80. The van der Waals surface area contributed by atoms with Gasteiger partial charge in [-0.15, -0.1) is 0 Å². The molecule has 11 nitrogen and oxygen atoms in total. The lowest BCUT2D eigenvalue weighted by Crippen LogP contribution is -2.40. The van der Waals surface area contributed by atoms with Crippen LogP contribution in [0, 0.1) is 10.1 Å². The molecule has 12 heteroatoms. The van der Waals surface area contributed by atoms with Gasteiger partial charge in [0.05, 0.1) is 18.1 Å². The van der Waals surface area contributed by atoms with E-state index in [1.165, 1.54) is 31.2 Å². The number of hydrogen-bond acceptors (Lipinski definition) is 9. The number of rotatable bonds is 11. The summed E-state index contributed by atoms with van der Waals surface area (Å²) in [6.45, 7) is 5.06. The molecule has 3 rings (SSSR count). The summed E-state index contributed by atoms with van der Waals surface area (Å²) in [5.41, 5.74) is -0.147. The summed E-state index contributed by atoms with van der Waals surface area (Å²) in [7, 11) is -4.12. The van der Waals surface area contributed by atoms with E-state index in [2.05, 4.69) is 9.99 Å². The number of morpholine rings is 1. The Bertz CT molecular complexity index is 967. The summed E-state index contributed by atoms with van der Waals surface area (Å²) in [5.74, 6) is -0.296. The van der Waals surface area contributed by atoms with E-state index in [0.29, 0.717) is 19.8 Å². The minimum absolute atomic E-state index is 0.0697. The second-order valence-electron chi connectivity index (χ2n) is 7.22. The van der Waals surface area contributed by atoms with Gasteiger partial charge < -0.3 is 18.5 Å². The van der Waals surface area contributed by atoms with E-state index in [0.717, 1.165) is 13.1 Å². The summed E-state index contributed by atoms with van der Waals surface area (Å²) in [4.78, 5) is 24.9. The van der Waals surface area contributed by atoms with Gasteiger partial charge in [-0.2, -0.15) is 5.09 Å². The van der Waals surface area contributed by atoms with Crippen LogP contribution in [0.25, 0.3) is 0 Å². The molecule has 1 aliphatic rings. The predicted molar refractivity (Wildman–Crippen MR) is 119 cm³/mol. The van der Waals surface area contributed by atoms with Gasteiger partial charge in [0.1, 0.15) is 24.1 Å². The van der Waals surface area contributed by atoms with Crippen LogP contribution in [-0.2, 0) is 18.8 Å². The molecule has 1 N–H and O–H groups in total. The molecule has 0 aromatic heterocycles. The maximum Gasteiger partial charge on any atom is 0.513 e. The molecule has 2 aromatic rings. The Balaban J connectivity index is 1.64. The number of esters is 1. The number of carbonyl (C=O) groups excluding carboxylic acids is 1. The van der Waals surface area contributed by atoms with Crippen molar-refractivity contribution in [3.63, 3.8) is 0 Å². The van der Waals surface area contributed by atoms with Gasteiger partial charge in [-0.3, -0.25) is 19.8 Å². The Hall–Kier alpha value is -2.98. The molecule has 1 saturated heterocycles. The molecule has 2 aromatic carbocycles. The number of carbonyl (C=O) groups is 1. The number of benzene rings is 2. The topological polar surface area (TPSA) is 129 Å². The molecular formula is C21H26N3O8P. The summed E-state index contributed by atoms with van der Waals surface area (Å²) in [5, 5.41) is 13.4. The highest BCUT2D eigenvalue weighted by Gasteiger charge is 2.34. The van der Waals surface area contributed by atoms with Crippen molar-refractivity contribution in [2.75, 3.05) is 39.5 Å². The molecule has 0 amide bonds. The highest BCUT2D eigenvalue weighted by atomic mass is 31.2. The first kappa shape index (κ1) is 24.7. The quantitative estimate of drug-likeness (QED) is 0.222. The zero-order chi connectivity index (χ0) is 23.7. The molecule has 0 radical (unpaired) electrons. The van der Waals surface area contributed by atoms with Crippen LogP contribution in [0.3, 0.4) is 0 Å². The van der Waals surface area contributed by atoms with Crippen molar-refractivity contribution in [1.82, 2.24) is 9.99 Å². The Morgan fingerprint density at radius 1 is 1.12 bits per heavy atom. The lowest BCUT2D eigenvalue weighted by Gasteiger charge is -2.26. The third kappa shape index (κ3) is 7.83. The van der Waals surface area contributed by atoms with Crippen LogP contribution in [0.15, 0.2) is 54.6 Å². The highest BCUT2D eigenvalue weighted by molar-refractivity contribution is 7.52. The number of nitrogens with one attached hydrogen (secondary N) is 1. The van der Waals surface area contributed by atoms with Crippen molar-refractivity contribution in [2.24, 2.45) is 0 Å². The maximum absolute atomic E-state index is 13.5. The standard InChI is InChI=1S/C21H26N3O8P/c1-17(21(25)30-16-13-23-11-14-29-15-12-23)22-33(28,31-19-5-3-2-4-6-19)32-20-9-7-18(8-10-20)24(26)27/h2-10,17H,11-16H2,1H3,(H,22,28)/t17-,33?/m0/s1. The predicted octanol–water partition coefficient (Wildman–Crippen LogP) is 3.01. The Labute approximate surface area is 191 Å². The van der Waals surface area contributed by atoms with E-state index in [1.54, 1.807) is 30.3 Å². The molecule has 0 saturated carbocycles. The molecule has 0 aliphatic carbocycles. The third-order valence-corrected chi connectivity index (χ3v) is 6.31. The molecule has 0 bridgehead atoms. The van der Waals surface area contributed by atoms with Gasteiger partial charge in [0.25, 0.3) is 5.69 Å². The van der Waals surface area contributed by atoms with Crippen LogP contribution in [0.1, 0.15) is 6.92 Å². The van der Waals surface area contributed by atoms with Gasteiger partial charge in [-0.1, -0.05) is 18.2 Å². The van der Waals surface area contributed by atoms with E-state index in [9.17, 15) is 19.5 Å². The minimum Gasteiger partial charge on any atom is -0.463 e. The normalized spacial score (nSPS) is 16.9. The fourth-order valence-corrected chi connectivity index (χ4v) is 4.49. The lowest BCUT2D eigenvalue weighted by molar-refractivity contribution is -0.384. The first-order valence-electron chi connectivity index (χ1n) is 10.4. The van der Waals surface area contributed by atoms with Gasteiger partial charge in [0.15, 0.2) is 0 Å². The number of nitrogens with zero attached hydrogens (tertiary/aromatic N) is 2. The zero-order valence-electron chi connectivity index (χ0n) is 18.1. The van der Waals surface area contributed by atoms with Gasteiger partial charge >= 0.3 is 13.7 Å². The van der Waals surface area contributed by atoms with Crippen LogP contribution in [-0.4, -0.2) is 61.3 Å². The average molecular weight is 479 g/mol. The van der Waals surface area contributed by atoms with Crippen molar-refractivity contribution in [1.29, 1.82) is 0 Å². The number of nitro groups is 1. The van der Waals surface area contributed by atoms with Crippen LogP contribution in [0.4, 0.5) is 5.69 Å². The van der Waals surface area contributed by atoms with Gasteiger partial charge in [-0.05, 0) is 31.2 Å². The third-order valence-electron chi connectivity index (χ3n) is 4.70. The summed E-state index contributed by atoms with van der Waals surface area (Å²) in [6.07, 6.45) is 0. The van der Waals surface area contributed by atoms with Crippen LogP contribution in [0.5, 0.6) is 11.5 Å². The second-order valence-corrected chi connectivity index (χ2v) is 8.83. The van der Waals surface area contributed by atoms with E-state index < -0.39 is 24.7 Å². The monoisotopic (exact) mass is 479 g/mol. The fraction of sp³-hybridized carbons (Fsp3) is 0.381. The van der Waals surface area contributed by atoms with Gasteiger partial charge in [0.2, 0.25) is 0 Å². The molecular weight excluding hydrogens is 453 g/mol. The van der Waals surface area contributed by atoms with E-state index >= 15 is 0 Å². The second kappa shape index (κ2) is 11.8. The fourth-order valence-electron chi connectivity index (χ4n) is 2.97. The van der Waals surface area contributed by atoms with E-state index in [-0.39, 0.29) is 23.8 Å². The number of hydrogen-bond donors (Lipinski definition) is 1. The molecule has 178 valence electrons. The summed E-state index contributed by atoms with van der Waals surface area (Å²) < 4.78 is 35.2. The van der Waals surface area contributed by atoms with Crippen LogP contribution >= 0.6 is 7.75 Å². The molecule has 1 heterocycles. The van der Waals surface area contributed by atoms with Crippen molar-refractivity contribution >= 4 is 19.4 Å². The minimum atomic E-state index is -4.12. The van der Waals surface area contributed by atoms with E-state index in [4.69, 9.17) is 18.5 Å². The summed E-state index contributed by atoms with van der Waals surface area (Å²) in [6, 6.07) is 12.3. The molecule has 1 fully saturated rings. The first-order chi connectivity index (χ1) is 15.8. The van der Waals surface area contributed by atoms with Crippen molar-refractivity contribution < 1.29 is 32.8 Å². The lowest BCUT2D eigenvalue weighted by atomic mass is 10.3. The Morgan fingerprint density at radius 3 is 2.33 bits per heavy atom. The Kier molecular flexibility index (Phi) is 8.79. The number of para-hydroxylation sites is 1. The van der Waals surface area contributed by atoms with Crippen molar-refractivity contribution in [3.05, 3.63) is 64.7 Å². The van der Waals surface area contributed by atoms with E-state index in [1.807, 2.05) is 0 Å². The summed E-state index contributed by atoms with van der Waals surface area (Å²) >= 11 is 0. The Morgan fingerprint density at radius 2 is 1.73 bits per heavy atom. The molecule has 2 atom stereocenters. The SMILES string of the molecule is C[C@H](NP(=O)(Oc1ccccc1)Oc1ccc([N+](=O)[O-])cc1)C(=O)OCCN1CCOCC1. The van der Waals surface area contributed by atoms with Crippen molar-refractivity contribution in [3.8, 4) is 11.5 Å². The van der Waals surface area contributed by atoms with Crippen molar-refractivity contribution in [2.45, 2.75) is 13.0 Å². The number of nitro benzene ring substituents is 1. The van der Waals surface area contributed by atoms with Crippen LogP contribution in [0.2, 0.25) is 0 Å². The molecule has 33 heavy (non-hydrogen) atoms. The number of non-ortho nitro benzene ring substituents is 1. The van der Waals surface area contributed by atoms with Gasteiger partial charge in [-0.25, -0.2) is 4.57 Å². The molecule has 0 spiro atoms. The maximum atomic E-state index is 13.5. The first-order valence-corrected chi connectivity index (χ1v) is 11.9. The highest BCUT2D eigenvalue weighted by Crippen LogP contribution is 2.45. The number of ether oxygens (including phenoxy) is 2. The smallest absolute Gasteiger partial charge is 0.463 e. The zero-order valence-corrected chi connectivity index (χ0v) is 19.0. The molecule has 1 unspecified atom stereocenters. The van der Waals surface area contributed by atoms with Gasteiger partial charge in [0, 0.05) is 31.8 Å². The van der Waals surface area contributed by atoms with Crippen LogP contribution < -0.4 is 14.1 Å². The molecule has 1 aliphatic heterocycles.